The van der Waals surface area contributed by atoms with E-state index < -0.39 is 0 Å². The number of carbonyl (C=O) groups is 2. The highest BCUT2D eigenvalue weighted by atomic mass is 16.5. The third-order valence-electron chi connectivity index (χ3n) is 5.77. The van der Waals surface area contributed by atoms with Gasteiger partial charge in [-0.2, -0.15) is 0 Å². The molecule has 7 nitrogen and oxygen atoms in total. The second kappa shape index (κ2) is 7.76. The maximum atomic E-state index is 12.5. The molecule has 0 unspecified atom stereocenters. The molecule has 0 aromatic heterocycles. The van der Waals surface area contributed by atoms with Crippen LogP contribution in [0.5, 0.6) is 11.5 Å². The fraction of sp³-hybridized carbons (Fsp3) is 0.600. The third-order valence-corrected chi connectivity index (χ3v) is 5.77. The molecule has 0 spiro atoms. The minimum atomic E-state index is -0.188. The van der Waals surface area contributed by atoms with E-state index in [1.165, 1.54) is 37.3 Å². The SMILES string of the molecule is COc1cc(C(=O)N2CNC(=O)C2)ccc1OC1CC(N2CCCCC2)C1. The first-order chi connectivity index (χ1) is 13.1. The van der Waals surface area contributed by atoms with E-state index in [1.54, 1.807) is 25.3 Å². The van der Waals surface area contributed by atoms with Crippen LogP contribution in [0.4, 0.5) is 0 Å². The van der Waals surface area contributed by atoms with Gasteiger partial charge in [0.15, 0.2) is 11.5 Å². The summed E-state index contributed by atoms with van der Waals surface area (Å²) >= 11 is 0. The highest BCUT2D eigenvalue weighted by Crippen LogP contribution is 2.35. The van der Waals surface area contributed by atoms with Crippen LogP contribution in [0.1, 0.15) is 42.5 Å². The molecule has 1 aromatic rings. The first-order valence-electron chi connectivity index (χ1n) is 9.79. The second-order valence-corrected chi connectivity index (χ2v) is 7.59. The lowest BCUT2D eigenvalue weighted by Crippen LogP contribution is -2.50. The molecular weight excluding hydrogens is 346 g/mol. The number of rotatable bonds is 5. The van der Waals surface area contributed by atoms with E-state index in [-0.39, 0.29) is 31.1 Å². The summed E-state index contributed by atoms with van der Waals surface area (Å²) in [6.07, 6.45) is 6.27. The smallest absolute Gasteiger partial charge is 0.255 e. The number of hydrogen-bond acceptors (Lipinski definition) is 5. The van der Waals surface area contributed by atoms with Crippen molar-refractivity contribution in [2.24, 2.45) is 0 Å². The number of carbonyl (C=O) groups excluding carboxylic acids is 2. The van der Waals surface area contributed by atoms with Crippen LogP contribution in [0.2, 0.25) is 0 Å². The molecule has 1 aromatic carbocycles. The first kappa shape index (κ1) is 18.1. The zero-order valence-corrected chi connectivity index (χ0v) is 15.8. The Balaban J connectivity index is 1.36. The van der Waals surface area contributed by atoms with Gasteiger partial charge in [0.1, 0.15) is 12.6 Å². The number of amides is 2. The van der Waals surface area contributed by atoms with Crippen LogP contribution >= 0.6 is 0 Å². The van der Waals surface area contributed by atoms with Crippen molar-refractivity contribution in [1.82, 2.24) is 15.1 Å². The molecule has 27 heavy (non-hydrogen) atoms. The van der Waals surface area contributed by atoms with Crippen molar-refractivity contribution >= 4 is 11.8 Å². The molecule has 146 valence electrons. The second-order valence-electron chi connectivity index (χ2n) is 7.59. The quantitative estimate of drug-likeness (QED) is 0.849. The number of benzene rings is 1. The number of ether oxygens (including phenoxy) is 2. The van der Waals surface area contributed by atoms with Crippen LogP contribution in [0.3, 0.4) is 0 Å². The van der Waals surface area contributed by atoms with Crippen LogP contribution in [0.25, 0.3) is 0 Å². The number of methoxy groups -OCH3 is 1. The lowest BCUT2D eigenvalue weighted by atomic mass is 9.86. The lowest BCUT2D eigenvalue weighted by molar-refractivity contribution is -0.118. The Kier molecular flexibility index (Phi) is 5.20. The Morgan fingerprint density at radius 3 is 2.59 bits per heavy atom. The van der Waals surface area contributed by atoms with E-state index >= 15 is 0 Å². The van der Waals surface area contributed by atoms with Gasteiger partial charge >= 0.3 is 0 Å². The molecule has 0 atom stereocenters. The van der Waals surface area contributed by atoms with Gasteiger partial charge in [0.25, 0.3) is 5.91 Å². The average molecular weight is 373 g/mol. The summed E-state index contributed by atoms with van der Waals surface area (Å²) in [5, 5.41) is 2.64. The van der Waals surface area contributed by atoms with Crippen LogP contribution in [0, 0.1) is 0 Å². The summed E-state index contributed by atoms with van der Waals surface area (Å²) in [6.45, 7) is 2.77. The van der Waals surface area contributed by atoms with E-state index in [0.717, 1.165) is 12.8 Å². The predicted molar refractivity (Wildman–Crippen MR) is 99.9 cm³/mol. The van der Waals surface area contributed by atoms with Gasteiger partial charge in [-0.15, -0.1) is 0 Å². The fourth-order valence-electron chi connectivity index (χ4n) is 4.09. The molecule has 1 aliphatic carbocycles. The van der Waals surface area contributed by atoms with Crippen molar-refractivity contribution in [3.8, 4) is 11.5 Å². The van der Waals surface area contributed by atoms with Gasteiger partial charge in [0.05, 0.1) is 13.8 Å². The Hall–Kier alpha value is -2.28. The lowest BCUT2D eigenvalue weighted by Gasteiger charge is -2.44. The van der Waals surface area contributed by atoms with Crippen molar-refractivity contribution < 1.29 is 19.1 Å². The Labute approximate surface area is 159 Å². The third kappa shape index (κ3) is 3.88. The molecule has 2 heterocycles. The van der Waals surface area contributed by atoms with Gasteiger partial charge in [-0.05, 0) is 44.1 Å². The number of nitrogens with zero attached hydrogens (tertiary/aromatic N) is 2. The number of hydrogen-bond donors (Lipinski definition) is 1. The van der Waals surface area contributed by atoms with Crippen LogP contribution in [-0.2, 0) is 4.79 Å². The number of piperidine rings is 1. The Morgan fingerprint density at radius 2 is 1.93 bits per heavy atom. The maximum absolute atomic E-state index is 12.5. The fourth-order valence-corrected chi connectivity index (χ4v) is 4.09. The molecule has 1 N–H and O–H groups in total. The number of likely N-dealkylation sites (tertiary alicyclic amines) is 1. The maximum Gasteiger partial charge on any atom is 0.255 e. The van der Waals surface area contributed by atoms with Gasteiger partial charge in [0, 0.05) is 24.4 Å². The molecule has 2 saturated heterocycles. The minimum absolute atomic E-state index is 0.0966. The molecule has 3 aliphatic rings. The zero-order valence-electron chi connectivity index (χ0n) is 15.8. The van der Waals surface area contributed by atoms with Crippen LogP contribution in [0.15, 0.2) is 18.2 Å². The van der Waals surface area contributed by atoms with Crippen molar-refractivity contribution in [2.45, 2.75) is 44.2 Å². The van der Waals surface area contributed by atoms with Gasteiger partial charge in [-0.3, -0.25) is 9.59 Å². The summed E-state index contributed by atoms with van der Waals surface area (Å²) in [7, 11) is 1.58. The van der Waals surface area contributed by atoms with Crippen molar-refractivity contribution in [1.29, 1.82) is 0 Å². The van der Waals surface area contributed by atoms with Gasteiger partial charge in [-0.25, -0.2) is 0 Å². The van der Waals surface area contributed by atoms with E-state index in [9.17, 15) is 9.59 Å². The highest BCUT2D eigenvalue weighted by Gasteiger charge is 2.36. The van der Waals surface area contributed by atoms with E-state index in [1.807, 2.05) is 0 Å². The first-order valence-corrected chi connectivity index (χ1v) is 9.79. The molecule has 0 bridgehead atoms. The molecule has 4 rings (SSSR count). The molecule has 2 amide bonds. The van der Waals surface area contributed by atoms with Crippen LogP contribution in [-0.4, -0.2) is 67.2 Å². The van der Waals surface area contributed by atoms with Crippen molar-refractivity contribution in [2.75, 3.05) is 33.4 Å². The summed E-state index contributed by atoms with van der Waals surface area (Å²) in [5.74, 6) is 0.906. The molecule has 1 saturated carbocycles. The van der Waals surface area contributed by atoms with Gasteiger partial charge < -0.3 is 24.6 Å². The van der Waals surface area contributed by atoms with E-state index in [4.69, 9.17) is 9.47 Å². The highest BCUT2D eigenvalue weighted by molar-refractivity contribution is 5.98. The molecular formula is C20H27N3O4. The largest absolute Gasteiger partial charge is 0.493 e. The molecule has 2 aliphatic heterocycles. The Morgan fingerprint density at radius 1 is 1.15 bits per heavy atom. The summed E-state index contributed by atoms with van der Waals surface area (Å²) in [6, 6.07) is 5.87. The molecule has 7 heteroatoms. The summed E-state index contributed by atoms with van der Waals surface area (Å²) < 4.78 is 11.6. The zero-order chi connectivity index (χ0) is 18.8. The topological polar surface area (TPSA) is 71.1 Å². The van der Waals surface area contributed by atoms with E-state index in [2.05, 4.69) is 10.2 Å². The normalized spacial score (nSPS) is 25.7. The standard InChI is InChI=1S/C20H27N3O4/c1-26-18-9-14(20(25)23-12-19(24)21-13-23)5-6-17(18)27-16-10-15(11-16)22-7-3-2-4-8-22/h5-6,9,15-16H,2-4,7-8,10-13H2,1H3,(H,21,24). The molecule has 3 fully saturated rings. The average Bonchev–Trinajstić information content (AvgIpc) is 3.10. The van der Waals surface area contributed by atoms with Crippen molar-refractivity contribution in [3.63, 3.8) is 0 Å². The van der Waals surface area contributed by atoms with Crippen LogP contribution < -0.4 is 14.8 Å². The summed E-state index contributed by atoms with van der Waals surface area (Å²) in [5.41, 5.74) is 0.496. The minimum Gasteiger partial charge on any atom is -0.493 e. The summed E-state index contributed by atoms with van der Waals surface area (Å²) in [4.78, 5) is 27.9. The molecule has 0 radical (unpaired) electrons. The predicted octanol–water partition coefficient (Wildman–Crippen LogP) is 1.62. The Bertz CT molecular complexity index is 711. The van der Waals surface area contributed by atoms with Gasteiger partial charge in [0.2, 0.25) is 5.91 Å². The van der Waals surface area contributed by atoms with E-state index in [0.29, 0.717) is 23.1 Å². The monoisotopic (exact) mass is 373 g/mol. The van der Waals surface area contributed by atoms with Crippen molar-refractivity contribution in [3.05, 3.63) is 23.8 Å². The number of nitrogens with one attached hydrogen (secondary N) is 1. The van der Waals surface area contributed by atoms with Gasteiger partial charge in [-0.1, -0.05) is 6.42 Å².